The van der Waals surface area contributed by atoms with Gasteiger partial charge in [-0.3, -0.25) is 14.5 Å². The number of halogens is 4. The summed E-state index contributed by atoms with van der Waals surface area (Å²) in [4.78, 5) is 32.6. The molecule has 242 valence electrons. The second-order valence-electron chi connectivity index (χ2n) is 13.9. The van der Waals surface area contributed by atoms with Crippen molar-refractivity contribution < 1.29 is 23.5 Å². The number of rotatable bonds is 8. The van der Waals surface area contributed by atoms with Crippen LogP contribution in [-0.4, -0.2) is 90.5 Å². The van der Waals surface area contributed by atoms with Crippen molar-refractivity contribution in [1.29, 1.82) is 0 Å². The van der Waals surface area contributed by atoms with E-state index in [9.17, 15) is 14.7 Å². The first-order valence-corrected chi connectivity index (χ1v) is 16.1. The molecule has 5 rings (SSSR count). The van der Waals surface area contributed by atoms with Gasteiger partial charge in [0.15, 0.2) is 0 Å². The fourth-order valence-corrected chi connectivity index (χ4v) is 7.89. The largest absolute Gasteiger partial charge is 0.381 e. The molecule has 1 aliphatic carbocycles. The van der Waals surface area contributed by atoms with E-state index in [1.807, 2.05) is 25.7 Å². The zero-order valence-corrected chi connectivity index (χ0v) is 27.2. The summed E-state index contributed by atoms with van der Waals surface area (Å²) in [7, 11) is 0. The van der Waals surface area contributed by atoms with Crippen molar-refractivity contribution in [3.05, 3.63) is 51.8 Å². The van der Waals surface area contributed by atoms with Crippen LogP contribution in [-0.2, 0) is 15.0 Å². The van der Waals surface area contributed by atoms with Gasteiger partial charge >= 0.3 is 0 Å². The quantitative estimate of drug-likeness (QED) is 0.315. The molecule has 2 amide bonds. The van der Waals surface area contributed by atoms with Crippen LogP contribution < -0.4 is 16.0 Å². The van der Waals surface area contributed by atoms with E-state index in [0.717, 1.165) is 32.7 Å². The van der Waals surface area contributed by atoms with Crippen LogP contribution in [0.2, 0.25) is 5.02 Å². The zero-order chi connectivity index (χ0) is 32.0. The van der Waals surface area contributed by atoms with Crippen molar-refractivity contribution in [2.75, 3.05) is 51.3 Å². The summed E-state index contributed by atoms with van der Waals surface area (Å²) < 4.78 is 31.8. The Bertz CT molecular complexity index is 1340. The third-order valence-electron chi connectivity index (χ3n) is 9.70. The predicted octanol–water partition coefficient (Wildman–Crippen LogP) is 4.17. The van der Waals surface area contributed by atoms with Gasteiger partial charge in [-0.15, -0.1) is 0 Å². The molecule has 8 nitrogen and oxygen atoms in total. The Balaban J connectivity index is 1.49. The fraction of sp³-hybridized carbons (Fsp3) is 0.625. The molecule has 2 unspecified atom stereocenters. The van der Waals surface area contributed by atoms with Crippen LogP contribution in [0.1, 0.15) is 46.1 Å². The number of hydrogen-bond acceptors (Lipinski definition) is 6. The lowest BCUT2D eigenvalue weighted by molar-refractivity contribution is -0.127. The first kappa shape index (κ1) is 33.3. The number of aliphatic hydroxyl groups is 1. The van der Waals surface area contributed by atoms with Crippen LogP contribution in [0.4, 0.5) is 14.5 Å². The first-order valence-electron chi connectivity index (χ1n) is 15.3. The summed E-state index contributed by atoms with van der Waals surface area (Å²) in [6, 6.07) is 1.05. The molecule has 4 aliphatic rings. The van der Waals surface area contributed by atoms with Crippen LogP contribution in [0.5, 0.6) is 0 Å². The van der Waals surface area contributed by atoms with Crippen LogP contribution in [0.15, 0.2) is 35.4 Å². The molecule has 44 heavy (non-hydrogen) atoms. The van der Waals surface area contributed by atoms with Crippen molar-refractivity contribution in [2.45, 2.75) is 63.7 Å². The van der Waals surface area contributed by atoms with Gasteiger partial charge in [0.1, 0.15) is 11.5 Å². The predicted molar refractivity (Wildman–Crippen MR) is 169 cm³/mol. The number of fused-ring (bicyclic) bond motifs is 2. The highest BCUT2D eigenvalue weighted by molar-refractivity contribution is 6.31. The maximum absolute atomic E-state index is 16.7. The van der Waals surface area contributed by atoms with Crippen molar-refractivity contribution in [3.63, 3.8) is 0 Å². The third-order valence-corrected chi connectivity index (χ3v) is 10.5. The molecule has 1 aromatic rings. The second-order valence-corrected chi connectivity index (χ2v) is 14.7. The molecule has 0 saturated carbocycles. The average molecular weight is 655 g/mol. The Morgan fingerprint density at radius 3 is 2.52 bits per heavy atom. The summed E-state index contributed by atoms with van der Waals surface area (Å²) in [6.07, 6.45) is 5.96. The minimum Gasteiger partial charge on any atom is -0.381 e. The molecule has 2 fully saturated rings. The molecule has 12 heteroatoms. The van der Waals surface area contributed by atoms with Crippen molar-refractivity contribution >= 4 is 40.7 Å². The maximum Gasteiger partial charge on any atom is 0.237 e. The van der Waals surface area contributed by atoms with E-state index in [1.165, 1.54) is 25.1 Å². The van der Waals surface area contributed by atoms with Gasteiger partial charge in [-0.1, -0.05) is 56.1 Å². The molecule has 1 spiro atoms. The Morgan fingerprint density at radius 1 is 1.18 bits per heavy atom. The molecule has 3 heterocycles. The normalized spacial score (nSPS) is 32.6. The molecular weight excluding hydrogens is 611 g/mol. The first-order chi connectivity index (χ1) is 20.7. The number of alkyl halides is 1. The van der Waals surface area contributed by atoms with Crippen LogP contribution in [0, 0.1) is 23.1 Å². The summed E-state index contributed by atoms with van der Waals surface area (Å²) in [5.41, 5.74) is -3.15. The minimum atomic E-state index is -2.09. The molecule has 6 atom stereocenters. The van der Waals surface area contributed by atoms with E-state index in [0.29, 0.717) is 30.6 Å². The Hall–Kier alpha value is -2.08. The number of nitrogens with one attached hydrogen (secondary N) is 3. The van der Waals surface area contributed by atoms with Gasteiger partial charge in [0.05, 0.1) is 28.2 Å². The van der Waals surface area contributed by atoms with E-state index in [1.54, 1.807) is 12.2 Å². The standard InChI is InChI=1S/C32H43Cl2F2N5O3/c1-30(2,3)17-25-32(20-15-22(35)21(33)16-23(20)38-29(32)44)26(19-7-5-8-24(34)31(19,4)36)27(39-25)28(43)37-9-6-10-40-11-13-41(18-42)14-12-40/h5,7-8,15-16,19,25-27,39,42H,6,9-14,17-18H2,1-4H3,(H,37,43)(H,38,44)/t19?,25-,26+,27-,31?,32+/m1/s1. The minimum absolute atomic E-state index is 0.0270. The van der Waals surface area contributed by atoms with E-state index >= 15 is 8.78 Å². The van der Waals surface area contributed by atoms with Gasteiger partial charge in [-0.05, 0) is 55.5 Å². The van der Waals surface area contributed by atoms with E-state index in [4.69, 9.17) is 23.2 Å². The van der Waals surface area contributed by atoms with E-state index in [-0.39, 0.29) is 28.1 Å². The third kappa shape index (κ3) is 6.06. The molecule has 0 aromatic heterocycles. The number of carbonyl (C=O) groups excluding carboxylic acids is 2. The van der Waals surface area contributed by atoms with Crippen molar-refractivity contribution in [1.82, 2.24) is 20.4 Å². The van der Waals surface area contributed by atoms with Gasteiger partial charge in [0, 0.05) is 56.3 Å². The molecular formula is C32H43Cl2F2N5O3. The van der Waals surface area contributed by atoms with Crippen molar-refractivity contribution in [3.8, 4) is 0 Å². The summed E-state index contributed by atoms with van der Waals surface area (Å²) >= 11 is 12.6. The molecule has 1 aromatic carbocycles. The number of benzene rings is 1. The van der Waals surface area contributed by atoms with Crippen LogP contribution in [0.3, 0.4) is 0 Å². The number of nitrogens with zero attached hydrogens (tertiary/aromatic N) is 2. The maximum atomic E-state index is 16.7. The Labute approximate surface area is 268 Å². The van der Waals surface area contributed by atoms with Gasteiger partial charge in [0.25, 0.3) is 0 Å². The number of aliphatic hydroxyl groups excluding tert-OH is 1. The molecule has 2 saturated heterocycles. The number of hydrogen-bond donors (Lipinski definition) is 4. The number of anilines is 1. The second kappa shape index (κ2) is 12.6. The van der Waals surface area contributed by atoms with E-state index < -0.39 is 46.7 Å². The monoisotopic (exact) mass is 653 g/mol. The lowest BCUT2D eigenvalue weighted by Crippen LogP contribution is -2.55. The van der Waals surface area contributed by atoms with Gasteiger partial charge in [-0.25, -0.2) is 8.78 Å². The number of allylic oxidation sites excluding steroid dienone is 4. The smallest absolute Gasteiger partial charge is 0.237 e. The van der Waals surface area contributed by atoms with Crippen LogP contribution in [0.25, 0.3) is 0 Å². The summed E-state index contributed by atoms with van der Waals surface area (Å²) in [6.45, 7) is 11.9. The lowest BCUT2D eigenvalue weighted by Gasteiger charge is -2.44. The van der Waals surface area contributed by atoms with E-state index in [2.05, 4.69) is 20.9 Å². The Morgan fingerprint density at radius 2 is 1.86 bits per heavy atom. The van der Waals surface area contributed by atoms with Gasteiger partial charge in [0.2, 0.25) is 11.8 Å². The van der Waals surface area contributed by atoms with Gasteiger partial charge < -0.3 is 26.0 Å². The average Bonchev–Trinajstić information content (AvgIpc) is 3.42. The topological polar surface area (TPSA) is 96.9 Å². The number of piperazine rings is 1. The fourth-order valence-electron chi connectivity index (χ4n) is 7.52. The lowest BCUT2D eigenvalue weighted by atomic mass is 9.58. The summed E-state index contributed by atoms with van der Waals surface area (Å²) in [5, 5.41) is 18.6. The molecule has 4 N–H and O–H groups in total. The van der Waals surface area contributed by atoms with Gasteiger partial charge in [-0.2, -0.15) is 0 Å². The van der Waals surface area contributed by atoms with Crippen molar-refractivity contribution in [2.24, 2.45) is 17.3 Å². The Kier molecular flexibility index (Phi) is 9.54. The molecule has 3 aliphatic heterocycles. The highest BCUT2D eigenvalue weighted by Gasteiger charge is 2.69. The van der Waals surface area contributed by atoms with Crippen LogP contribution >= 0.6 is 23.2 Å². The SMILES string of the molecule is CC(C)(C)C[C@H]1N[C@@H](C(=O)NCCCN2CCN(CO)CC2)[C@H](C2C=CC=C(Cl)C2(C)F)[C@@]12C(=O)Nc1cc(Cl)c(F)cc12. The number of amides is 2. The summed E-state index contributed by atoms with van der Waals surface area (Å²) in [5.74, 6) is -3.39. The molecule has 0 bridgehead atoms. The highest BCUT2D eigenvalue weighted by atomic mass is 35.5. The zero-order valence-electron chi connectivity index (χ0n) is 25.7. The highest BCUT2D eigenvalue weighted by Crippen LogP contribution is 2.58. The molecule has 0 radical (unpaired) electrons. The number of carbonyl (C=O) groups is 2.